The quantitative estimate of drug-likeness (QED) is 0.0564. The Morgan fingerprint density at radius 3 is 2.11 bits per heavy atom. The summed E-state index contributed by atoms with van der Waals surface area (Å²) in [5.41, 5.74) is 2.52. The first-order valence-corrected chi connectivity index (χ1v) is 34.5. The van der Waals surface area contributed by atoms with E-state index in [9.17, 15) is 53.7 Å². The summed E-state index contributed by atoms with van der Waals surface area (Å²) in [7, 11) is 2.94. The molecule has 0 radical (unpaired) electrons. The lowest BCUT2D eigenvalue weighted by Gasteiger charge is -2.40. The molecule has 7 N–H and O–H groups in total. The summed E-state index contributed by atoms with van der Waals surface area (Å²) < 4.78 is 11.4. The molecule has 11 rings (SSSR count). The van der Waals surface area contributed by atoms with E-state index in [1.807, 2.05) is 13.8 Å². The number of carboxylic acids is 2. The second kappa shape index (κ2) is 28.4. The Balaban J connectivity index is 0.974. The van der Waals surface area contributed by atoms with E-state index in [1.54, 1.807) is 70.9 Å². The van der Waals surface area contributed by atoms with Crippen LogP contribution in [0, 0.1) is 24.7 Å². The highest BCUT2D eigenvalue weighted by atomic mass is 32.1. The van der Waals surface area contributed by atoms with Gasteiger partial charge in [0.2, 0.25) is 11.8 Å². The van der Waals surface area contributed by atoms with Gasteiger partial charge >= 0.3 is 18.0 Å². The summed E-state index contributed by atoms with van der Waals surface area (Å²) in [6.07, 6.45) is -1.14. The average molecular weight is 1360 g/mol. The van der Waals surface area contributed by atoms with E-state index in [2.05, 4.69) is 21.3 Å². The number of pyridine rings is 1. The van der Waals surface area contributed by atoms with Crippen molar-refractivity contribution in [1.29, 1.82) is 0 Å². The molecular formula is C61H62N12O13S6. The number of fused-ring (bicyclic) bond motifs is 14. The van der Waals surface area contributed by atoms with Crippen molar-refractivity contribution < 1.29 is 63.1 Å². The highest BCUT2D eigenvalue weighted by Gasteiger charge is 2.43. The highest BCUT2D eigenvalue weighted by molar-refractivity contribution is 7.15. The fraction of sp³-hybridized carbons (Fsp3) is 0.393. The minimum atomic E-state index is -1.30. The number of hydrogen-bond donors (Lipinski definition) is 7. The average Bonchev–Trinajstić information content (AvgIpc) is 1.67. The summed E-state index contributed by atoms with van der Waals surface area (Å²) in [5, 5.41) is 51.5. The first-order chi connectivity index (χ1) is 44.2. The maximum atomic E-state index is 14.4. The smallest absolute Gasteiger partial charge is 0.416 e. The Kier molecular flexibility index (Phi) is 20.1. The number of aliphatic hydroxyl groups excluding tert-OH is 1. The largest absolute Gasteiger partial charge is 0.481 e. The Labute approximate surface area is 550 Å². The maximum Gasteiger partial charge on any atom is 0.416 e. The predicted octanol–water partition coefficient (Wildman–Crippen LogP) is 9.65. The number of carbonyl (C=O) groups is 8. The number of rotatable bonds is 13. The molecule has 2 fully saturated rings. The molecule has 8 aromatic rings. The van der Waals surface area contributed by atoms with Gasteiger partial charge in [0.25, 0.3) is 11.8 Å². The van der Waals surface area contributed by atoms with E-state index < -0.39 is 96.3 Å². The molecule has 1 aliphatic heterocycles. The van der Waals surface area contributed by atoms with Gasteiger partial charge in [-0.1, -0.05) is 44.2 Å². The van der Waals surface area contributed by atoms with Crippen molar-refractivity contribution in [3.05, 3.63) is 111 Å². The maximum absolute atomic E-state index is 14.4. The molecule has 3 aliphatic rings. The zero-order valence-electron chi connectivity index (χ0n) is 50.1. The van der Waals surface area contributed by atoms with Crippen molar-refractivity contribution in [2.75, 3.05) is 25.6 Å². The molecule has 8 heterocycles. The van der Waals surface area contributed by atoms with Crippen LogP contribution in [0.3, 0.4) is 0 Å². The monoisotopic (exact) mass is 1360 g/mol. The molecule has 92 heavy (non-hydrogen) atoms. The van der Waals surface area contributed by atoms with Crippen LogP contribution in [0.1, 0.15) is 151 Å². The third-order valence-electron chi connectivity index (χ3n) is 16.2. The molecule has 2 aliphatic carbocycles. The zero-order valence-corrected chi connectivity index (χ0v) is 55.0. The van der Waals surface area contributed by atoms with Gasteiger partial charge in [0, 0.05) is 64.5 Å². The third-order valence-corrected chi connectivity index (χ3v) is 21.9. The first kappa shape index (κ1) is 65.3. The molecule has 1 aromatic carbocycles. The lowest BCUT2D eigenvalue weighted by atomic mass is 9.79. The van der Waals surface area contributed by atoms with Crippen molar-refractivity contribution in [3.8, 4) is 43.4 Å². The molecule has 25 nitrogen and oxygen atoms in total. The minimum absolute atomic E-state index is 0.000458. The van der Waals surface area contributed by atoms with Crippen molar-refractivity contribution in [2.45, 2.75) is 115 Å². The number of aryl methyl sites for hydroxylation is 1. The van der Waals surface area contributed by atoms with E-state index in [0.717, 1.165) is 22.7 Å². The van der Waals surface area contributed by atoms with Crippen LogP contribution >= 0.6 is 68.0 Å². The lowest BCUT2D eigenvalue weighted by Crippen LogP contribution is -2.51. The van der Waals surface area contributed by atoms with Crippen LogP contribution in [-0.4, -0.2) is 130 Å². The van der Waals surface area contributed by atoms with Crippen LogP contribution in [-0.2, 0) is 35.3 Å². The van der Waals surface area contributed by atoms with E-state index in [-0.39, 0.29) is 66.9 Å². The Bertz CT molecular complexity index is 4090. The number of carboxylic acid groups (broad SMARTS) is 2. The lowest BCUT2D eigenvalue weighted by molar-refractivity contribution is -0.145. The molecule has 0 spiro atoms. The van der Waals surface area contributed by atoms with E-state index in [0.29, 0.717) is 99.4 Å². The van der Waals surface area contributed by atoms with Crippen LogP contribution in [0.15, 0.2) is 64.0 Å². The van der Waals surface area contributed by atoms with Gasteiger partial charge in [-0.15, -0.1) is 68.0 Å². The third kappa shape index (κ3) is 14.4. The first-order valence-electron chi connectivity index (χ1n) is 29.3. The fourth-order valence-corrected chi connectivity index (χ4v) is 16.6. The van der Waals surface area contributed by atoms with Gasteiger partial charge in [0.05, 0.1) is 53.0 Å². The summed E-state index contributed by atoms with van der Waals surface area (Å²) in [4.78, 5) is 145. The SMILES string of the molecule is CNC(=O)C[C@@H]1NC(=O)c2csc(n2)-c2ccc(-c3nc(N(C(=O)OC4CCC(C(=O)O)CC4)C4CC(C(=O)O)C4)cs3)nc2-c2csc(n2)-c2csc(n2)[C@H]([C@@H](O)c2ccccc2)NC(=O)CNC(=O)c2nc(sc2COC)C(C(C)C)CC(=O)c2nc1sc2C. The van der Waals surface area contributed by atoms with Crippen LogP contribution in [0.5, 0.6) is 0 Å². The standard InChI is InChI=1S/C61H62N12O13S6/c1-27(2)35-19-41(74)46-28(3)91-57(71-46)37(20-44(75)62-4)65-51(78)39-24-87-53(67-39)34-15-16-36(55-69-43(26-90-55)73(32-17-31(18-32)60(82)83)61(84)86-33-13-11-30(12-14-33)59(80)81)64-47(34)38-23-88-56(66-38)40-25-89-58(68-40)49(50(77)29-9-7-6-8-10-29)70-45(76)21-63-52(79)48-42(22-85-5)92-54(35)72-48/h6-10,15-16,23-27,30-33,35,37,49-50,77H,11-14,17-22H2,1-5H3,(H,62,75)(H,63,79)(H,65,78)(H,70,76)(H,80,81)(H,82,83)/t30?,31?,32?,33?,35?,37-,49-,50-/m0/s1. The minimum Gasteiger partial charge on any atom is -0.481 e. The van der Waals surface area contributed by atoms with Crippen LogP contribution in [0.4, 0.5) is 10.6 Å². The molecule has 7 aromatic heterocycles. The number of methoxy groups -OCH3 is 1. The topological polar surface area (TPSA) is 357 Å². The normalized spacial score (nSPS) is 20.8. The summed E-state index contributed by atoms with van der Waals surface area (Å²) in [6.45, 7) is 5.10. The molecule has 0 saturated heterocycles. The molecular weight excluding hydrogens is 1300 g/mol. The second-order valence-electron chi connectivity index (χ2n) is 22.7. The number of nitrogens with one attached hydrogen (secondary N) is 4. The van der Waals surface area contributed by atoms with E-state index >= 15 is 0 Å². The van der Waals surface area contributed by atoms with Crippen molar-refractivity contribution in [1.82, 2.24) is 56.2 Å². The number of thiazole rings is 6. The molecule has 2 saturated carbocycles. The van der Waals surface area contributed by atoms with Gasteiger partial charge in [0.1, 0.15) is 83.3 Å². The number of amides is 5. The molecule has 5 amide bonds. The van der Waals surface area contributed by atoms with E-state index in [1.165, 1.54) is 64.4 Å². The predicted molar refractivity (Wildman–Crippen MR) is 345 cm³/mol. The van der Waals surface area contributed by atoms with Gasteiger partial charge in [-0.2, -0.15) is 0 Å². The van der Waals surface area contributed by atoms with Crippen LogP contribution in [0.2, 0.25) is 0 Å². The Morgan fingerprint density at radius 1 is 0.707 bits per heavy atom. The van der Waals surface area contributed by atoms with E-state index in [4.69, 9.17) is 44.4 Å². The number of ether oxygens (including phenoxy) is 2. The van der Waals surface area contributed by atoms with Gasteiger partial charge in [0.15, 0.2) is 5.78 Å². The number of hydrogen-bond acceptors (Lipinski definition) is 24. The van der Waals surface area contributed by atoms with Gasteiger partial charge in [-0.05, 0) is 69.1 Å². The molecule has 31 heteroatoms. The number of benzene rings is 1. The van der Waals surface area contributed by atoms with Crippen molar-refractivity contribution in [2.24, 2.45) is 17.8 Å². The van der Waals surface area contributed by atoms with Gasteiger partial charge in [-0.25, -0.2) is 39.7 Å². The number of aromatic nitrogens is 7. The number of ketones is 1. The fourth-order valence-electron chi connectivity index (χ4n) is 11.0. The summed E-state index contributed by atoms with van der Waals surface area (Å²) in [6, 6.07) is 9.53. The number of anilines is 1. The van der Waals surface area contributed by atoms with Crippen LogP contribution in [0.25, 0.3) is 43.4 Å². The summed E-state index contributed by atoms with van der Waals surface area (Å²) in [5.74, 6) is -6.21. The second-order valence-corrected chi connectivity index (χ2v) is 28.5. The molecule has 480 valence electrons. The molecule has 1 unspecified atom stereocenters. The van der Waals surface area contributed by atoms with Crippen molar-refractivity contribution in [3.63, 3.8) is 0 Å². The van der Waals surface area contributed by atoms with Crippen LogP contribution < -0.4 is 26.2 Å². The zero-order chi connectivity index (χ0) is 65.1. The molecule has 4 atom stereocenters. The Morgan fingerprint density at radius 2 is 1.39 bits per heavy atom. The number of aliphatic hydroxyl groups is 1. The van der Waals surface area contributed by atoms with Crippen molar-refractivity contribution >= 4 is 121 Å². The number of Topliss-reactive ketones (excluding diaryl/α,β-unsaturated/α-hetero) is 1. The van der Waals surface area contributed by atoms with Gasteiger partial charge in [-0.3, -0.25) is 38.5 Å². The number of nitrogens with zero attached hydrogens (tertiary/aromatic N) is 8. The molecule has 10 bridgehead atoms. The van der Waals surface area contributed by atoms with Gasteiger partial charge < -0.3 is 46.1 Å². The highest BCUT2D eigenvalue weighted by Crippen LogP contribution is 2.43. The number of carbonyl (C=O) groups excluding carboxylic acids is 6. The summed E-state index contributed by atoms with van der Waals surface area (Å²) >= 11 is 7.12. The Hall–Kier alpha value is -8.17. The number of aliphatic carboxylic acids is 2.